The molecule has 0 bridgehead atoms. The second kappa shape index (κ2) is 8.64. The Morgan fingerprint density at radius 2 is 2.20 bits per heavy atom. The molecule has 6 nitrogen and oxygen atoms in total. The molecule has 3 rings (SSSR count). The summed E-state index contributed by atoms with van der Waals surface area (Å²) in [6.07, 6.45) is 2.38. The fourth-order valence-corrected chi connectivity index (χ4v) is 3.36. The molecule has 0 aliphatic rings. The summed E-state index contributed by atoms with van der Waals surface area (Å²) < 4.78 is 11.8. The number of thiazole rings is 1. The molecular weight excluding hydrogens is 338 g/mol. The van der Waals surface area contributed by atoms with Crippen LogP contribution in [-0.2, 0) is 17.9 Å². The van der Waals surface area contributed by atoms with Gasteiger partial charge in [-0.05, 0) is 30.7 Å². The molecule has 0 radical (unpaired) electrons. The maximum atomic E-state index is 12.1. The Balaban J connectivity index is 1.34. The first-order valence-corrected chi connectivity index (χ1v) is 8.97. The van der Waals surface area contributed by atoms with Gasteiger partial charge in [-0.1, -0.05) is 12.1 Å². The number of carbonyl (C=O) groups excluding carboxylic acids is 1. The molecule has 132 valence electrons. The minimum absolute atomic E-state index is 0.106. The van der Waals surface area contributed by atoms with Crippen molar-refractivity contribution in [2.75, 3.05) is 20.2 Å². The molecule has 1 N–H and O–H groups in total. The number of rotatable bonds is 8. The van der Waals surface area contributed by atoms with Gasteiger partial charge in [-0.3, -0.25) is 0 Å². The lowest BCUT2D eigenvalue weighted by Gasteiger charge is -2.16. The van der Waals surface area contributed by atoms with Crippen molar-refractivity contribution in [2.45, 2.75) is 19.6 Å². The number of urea groups is 1. The number of carbonyl (C=O) groups is 1. The molecule has 0 unspecified atom stereocenters. The summed E-state index contributed by atoms with van der Waals surface area (Å²) in [6.45, 7) is 2.10. The lowest BCUT2D eigenvalue weighted by molar-refractivity contribution is 0.104. The van der Waals surface area contributed by atoms with Gasteiger partial charge >= 0.3 is 6.03 Å². The Morgan fingerprint density at radius 3 is 3.00 bits per heavy atom. The molecule has 25 heavy (non-hydrogen) atoms. The predicted molar refractivity (Wildman–Crippen MR) is 97.5 cm³/mol. The SMILES string of the molecule is CN(Cc1nc2ccccc2s1)C(=O)NCCCOCc1ccco1. The standard InChI is InChI=1S/C18H21N3O3S/c1-21(12-17-20-15-7-2-3-8-16(15)25-17)18(22)19-9-5-10-23-13-14-6-4-11-24-14/h2-4,6-8,11H,5,9-10,12-13H2,1H3,(H,19,22). The minimum Gasteiger partial charge on any atom is -0.467 e. The van der Waals surface area contributed by atoms with Crippen LogP contribution in [0.15, 0.2) is 47.1 Å². The first-order valence-electron chi connectivity index (χ1n) is 8.16. The minimum atomic E-state index is -0.106. The van der Waals surface area contributed by atoms with Gasteiger partial charge in [-0.2, -0.15) is 0 Å². The van der Waals surface area contributed by atoms with Gasteiger partial charge in [0, 0.05) is 20.2 Å². The number of nitrogens with one attached hydrogen (secondary N) is 1. The quantitative estimate of drug-likeness (QED) is 0.624. The lowest BCUT2D eigenvalue weighted by Crippen LogP contribution is -2.37. The van der Waals surface area contributed by atoms with Crippen LogP contribution in [0.2, 0.25) is 0 Å². The normalized spacial score (nSPS) is 10.9. The van der Waals surface area contributed by atoms with Crippen molar-refractivity contribution < 1.29 is 13.9 Å². The summed E-state index contributed by atoms with van der Waals surface area (Å²) >= 11 is 1.61. The van der Waals surface area contributed by atoms with E-state index in [2.05, 4.69) is 10.3 Å². The van der Waals surface area contributed by atoms with Crippen molar-refractivity contribution in [3.05, 3.63) is 53.4 Å². The van der Waals surface area contributed by atoms with Gasteiger partial charge in [0.25, 0.3) is 0 Å². The zero-order valence-corrected chi connectivity index (χ0v) is 14.9. The fraction of sp³-hybridized carbons (Fsp3) is 0.333. The third-order valence-corrected chi connectivity index (χ3v) is 4.64. The van der Waals surface area contributed by atoms with E-state index >= 15 is 0 Å². The van der Waals surface area contributed by atoms with Crippen LogP contribution in [0.1, 0.15) is 17.2 Å². The van der Waals surface area contributed by atoms with Gasteiger partial charge in [-0.15, -0.1) is 11.3 Å². The van der Waals surface area contributed by atoms with Gasteiger partial charge in [0.15, 0.2) is 0 Å². The molecule has 0 fully saturated rings. The highest BCUT2D eigenvalue weighted by atomic mass is 32.1. The molecule has 3 aromatic rings. The predicted octanol–water partition coefficient (Wildman–Crippen LogP) is 3.64. The molecule has 0 aliphatic carbocycles. The van der Waals surface area contributed by atoms with E-state index in [9.17, 15) is 4.79 Å². The maximum absolute atomic E-state index is 12.1. The summed E-state index contributed by atoms with van der Waals surface area (Å²) in [4.78, 5) is 18.3. The number of benzene rings is 1. The average Bonchev–Trinajstić information content (AvgIpc) is 3.26. The van der Waals surface area contributed by atoms with Gasteiger partial charge in [0.05, 0.1) is 23.0 Å². The molecule has 0 saturated carbocycles. The van der Waals surface area contributed by atoms with Crippen LogP contribution in [0.3, 0.4) is 0 Å². The Morgan fingerprint density at radius 1 is 1.32 bits per heavy atom. The second-order valence-corrected chi connectivity index (χ2v) is 6.76. The monoisotopic (exact) mass is 359 g/mol. The first-order chi connectivity index (χ1) is 12.2. The Hall–Kier alpha value is -2.38. The number of fused-ring (bicyclic) bond motifs is 1. The molecule has 0 aliphatic heterocycles. The van der Waals surface area contributed by atoms with Crippen molar-refractivity contribution in [3.8, 4) is 0 Å². The van der Waals surface area contributed by atoms with Crippen molar-refractivity contribution in [3.63, 3.8) is 0 Å². The zero-order chi connectivity index (χ0) is 17.5. The smallest absolute Gasteiger partial charge is 0.317 e. The molecule has 2 amide bonds. The van der Waals surface area contributed by atoms with Crippen molar-refractivity contribution in [1.82, 2.24) is 15.2 Å². The van der Waals surface area contributed by atoms with E-state index in [-0.39, 0.29) is 6.03 Å². The molecule has 2 heterocycles. The maximum Gasteiger partial charge on any atom is 0.317 e. The molecule has 1 aromatic carbocycles. The molecule has 2 aromatic heterocycles. The molecule has 0 atom stereocenters. The van der Waals surface area contributed by atoms with Crippen LogP contribution in [0, 0.1) is 0 Å². The summed E-state index contributed by atoms with van der Waals surface area (Å²) in [5.74, 6) is 0.805. The van der Waals surface area contributed by atoms with Crippen molar-refractivity contribution >= 4 is 27.6 Å². The Bertz CT molecular complexity index is 768. The number of ether oxygens (including phenoxy) is 1. The van der Waals surface area contributed by atoms with Crippen molar-refractivity contribution in [1.29, 1.82) is 0 Å². The van der Waals surface area contributed by atoms with E-state index in [0.717, 1.165) is 27.4 Å². The van der Waals surface area contributed by atoms with E-state index in [1.807, 2.05) is 36.4 Å². The molecule has 0 spiro atoms. The highest BCUT2D eigenvalue weighted by Gasteiger charge is 2.11. The summed E-state index contributed by atoms with van der Waals surface area (Å²) in [6, 6.07) is 11.6. The van der Waals surface area contributed by atoms with Crippen LogP contribution in [-0.4, -0.2) is 36.1 Å². The number of para-hydroxylation sites is 1. The highest BCUT2D eigenvalue weighted by Crippen LogP contribution is 2.22. The van der Waals surface area contributed by atoms with Crippen LogP contribution < -0.4 is 5.32 Å². The van der Waals surface area contributed by atoms with Crippen LogP contribution in [0.5, 0.6) is 0 Å². The summed E-state index contributed by atoms with van der Waals surface area (Å²) in [5.41, 5.74) is 0.977. The van der Waals surface area contributed by atoms with E-state index < -0.39 is 0 Å². The second-order valence-electron chi connectivity index (χ2n) is 5.65. The van der Waals surface area contributed by atoms with Gasteiger partial charge < -0.3 is 19.4 Å². The van der Waals surface area contributed by atoms with E-state index in [0.29, 0.717) is 26.3 Å². The van der Waals surface area contributed by atoms with Crippen LogP contribution >= 0.6 is 11.3 Å². The third kappa shape index (κ3) is 5.04. The zero-order valence-electron chi connectivity index (χ0n) is 14.1. The summed E-state index contributed by atoms with van der Waals surface area (Å²) in [5, 5.41) is 3.82. The van der Waals surface area contributed by atoms with Crippen LogP contribution in [0.25, 0.3) is 10.2 Å². The van der Waals surface area contributed by atoms with Gasteiger partial charge in [0.1, 0.15) is 17.4 Å². The Kier molecular flexibility index (Phi) is 6.03. The number of nitrogens with zero attached hydrogens (tertiary/aromatic N) is 2. The highest BCUT2D eigenvalue weighted by molar-refractivity contribution is 7.18. The number of furan rings is 1. The fourth-order valence-electron chi connectivity index (χ4n) is 2.33. The molecule has 0 saturated heterocycles. The average molecular weight is 359 g/mol. The number of hydrogen-bond acceptors (Lipinski definition) is 5. The molecule has 7 heteroatoms. The molecular formula is C18H21N3O3S. The first kappa shape index (κ1) is 17.4. The topological polar surface area (TPSA) is 67.6 Å². The van der Waals surface area contributed by atoms with Gasteiger partial charge in [-0.25, -0.2) is 9.78 Å². The lowest BCUT2D eigenvalue weighted by atomic mass is 10.3. The summed E-state index contributed by atoms with van der Waals surface area (Å²) in [7, 11) is 1.77. The van der Waals surface area contributed by atoms with Crippen LogP contribution in [0.4, 0.5) is 4.79 Å². The van der Waals surface area contributed by atoms with E-state index in [1.165, 1.54) is 0 Å². The largest absolute Gasteiger partial charge is 0.467 e. The number of aromatic nitrogens is 1. The van der Waals surface area contributed by atoms with E-state index in [1.54, 1.807) is 29.5 Å². The van der Waals surface area contributed by atoms with Crippen molar-refractivity contribution in [2.24, 2.45) is 0 Å². The third-order valence-electron chi connectivity index (χ3n) is 3.62. The Labute approximate surface area is 150 Å². The number of amides is 2. The van der Waals surface area contributed by atoms with Gasteiger partial charge in [0.2, 0.25) is 0 Å². The number of hydrogen-bond donors (Lipinski definition) is 1. The van der Waals surface area contributed by atoms with E-state index in [4.69, 9.17) is 9.15 Å².